The zero-order valence-electron chi connectivity index (χ0n) is 12.3. The number of hydrogen-bond donors (Lipinski definition) is 1. The van der Waals surface area contributed by atoms with Gasteiger partial charge in [0.2, 0.25) is 0 Å². The van der Waals surface area contributed by atoms with Gasteiger partial charge in [-0.15, -0.1) is 0 Å². The van der Waals surface area contributed by atoms with Crippen LogP contribution >= 0.6 is 0 Å². The highest BCUT2D eigenvalue weighted by molar-refractivity contribution is 5.92. The third-order valence-corrected chi connectivity index (χ3v) is 3.49. The Morgan fingerprint density at radius 2 is 1.76 bits per heavy atom. The van der Waals surface area contributed by atoms with E-state index in [2.05, 4.69) is 0 Å². The van der Waals surface area contributed by atoms with Gasteiger partial charge in [-0.1, -0.05) is 30.3 Å². The molecule has 2 aromatic carbocycles. The van der Waals surface area contributed by atoms with E-state index in [-0.39, 0.29) is 11.4 Å². The van der Waals surface area contributed by atoms with Crippen LogP contribution in [0.1, 0.15) is 23.6 Å². The summed E-state index contributed by atoms with van der Waals surface area (Å²) >= 11 is 0. The molecule has 0 aliphatic heterocycles. The average molecular weight is 284 g/mol. The van der Waals surface area contributed by atoms with Crippen LogP contribution in [0.25, 0.3) is 17.2 Å². The first-order valence-corrected chi connectivity index (χ1v) is 6.68. The summed E-state index contributed by atoms with van der Waals surface area (Å²) in [5, 5.41) is 8.95. The lowest BCUT2D eigenvalue weighted by atomic mass is 9.94. The van der Waals surface area contributed by atoms with Crippen LogP contribution in [0.4, 0.5) is 4.39 Å². The van der Waals surface area contributed by atoms with Gasteiger partial charge >= 0.3 is 5.97 Å². The summed E-state index contributed by atoms with van der Waals surface area (Å²) in [5.41, 5.74) is 4.33. The lowest BCUT2D eigenvalue weighted by molar-refractivity contribution is -0.132. The summed E-state index contributed by atoms with van der Waals surface area (Å²) in [4.78, 5) is 10.9. The fourth-order valence-electron chi connectivity index (χ4n) is 2.26. The molecule has 0 unspecified atom stereocenters. The molecule has 1 N–H and O–H groups in total. The summed E-state index contributed by atoms with van der Waals surface area (Å²) in [7, 11) is 0. The zero-order valence-corrected chi connectivity index (χ0v) is 12.3. The largest absolute Gasteiger partial charge is 0.478 e. The van der Waals surface area contributed by atoms with Gasteiger partial charge in [0.05, 0.1) is 0 Å². The van der Waals surface area contributed by atoms with Gasteiger partial charge in [0, 0.05) is 11.1 Å². The lowest BCUT2D eigenvalue weighted by Crippen LogP contribution is -1.97. The number of carbonyl (C=O) groups is 1. The highest BCUT2D eigenvalue weighted by Gasteiger charge is 2.10. The Morgan fingerprint density at radius 3 is 2.38 bits per heavy atom. The molecule has 3 heteroatoms. The minimum absolute atomic E-state index is 0.259. The number of halogens is 1. The monoisotopic (exact) mass is 284 g/mol. The third-order valence-electron chi connectivity index (χ3n) is 3.49. The van der Waals surface area contributed by atoms with E-state index >= 15 is 0 Å². The Bertz CT molecular complexity index is 730. The Balaban J connectivity index is 2.55. The molecular weight excluding hydrogens is 267 g/mol. The Hall–Kier alpha value is -2.42. The fourth-order valence-corrected chi connectivity index (χ4v) is 2.26. The number of aliphatic carboxylic acids is 1. The first-order chi connectivity index (χ1) is 9.90. The molecule has 0 saturated heterocycles. The van der Waals surface area contributed by atoms with Crippen LogP contribution in [-0.4, -0.2) is 11.1 Å². The normalized spacial score (nSPS) is 11.5. The molecule has 0 radical (unpaired) electrons. The van der Waals surface area contributed by atoms with Crippen molar-refractivity contribution in [2.45, 2.75) is 20.8 Å². The van der Waals surface area contributed by atoms with E-state index in [1.165, 1.54) is 6.07 Å². The fraction of sp³-hybridized carbons (Fsp3) is 0.167. The second kappa shape index (κ2) is 5.92. The molecule has 0 amide bonds. The van der Waals surface area contributed by atoms with Crippen LogP contribution < -0.4 is 0 Å². The van der Waals surface area contributed by atoms with Crippen molar-refractivity contribution in [2.75, 3.05) is 0 Å². The topological polar surface area (TPSA) is 37.3 Å². The van der Waals surface area contributed by atoms with Crippen molar-refractivity contribution in [1.29, 1.82) is 0 Å². The van der Waals surface area contributed by atoms with Crippen LogP contribution in [0.5, 0.6) is 0 Å². The number of carboxylic acids is 1. The van der Waals surface area contributed by atoms with E-state index in [1.807, 2.05) is 26.0 Å². The van der Waals surface area contributed by atoms with Gasteiger partial charge < -0.3 is 5.11 Å². The predicted octanol–water partition coefficient (Wildman–Crippen LogP) is 4.60. The van der Waals surface area contributed by atoms with E-state index in [9.17, 15) is 9.18 Å². The Kier molecular flexibility index (Phi) is 4.22. The van der Waals surface area contributed by atoms with Crippen molar-refractivity contribution in [1.82, 2.24) is 0 Å². The van der Waals surface area contributed by atoms with Crippen LogP contribution in [0.3, 0.4) is 0 Å². The molecule has 0 bridgehead atoms. The maximum absolute atomic E-state index is 13.9. The molecule has 0 fully saturated rings. The van der Waals surface area contributed by atoms with E-state index in [1.54, 1.807) is 31.2 Å². The van der Waals surface area contributed by atoms with Crippen molar-refractivity contribution in [3.05, 3.63) is 64.5 Å². The summed E-state index contributed by atoms with van der Waals surface area (Å²) in [6.07, 6.45) is 1.63. The standard InChI is InChI=1S/C18H17FO2/c1-11-10-16(15-6-4-5-7-17(15)19)12(2)8-14(11)9-13(3)18(20)21/h4-10H,1-3H3,(H,20,21)/b13-9+. The van der Waals surface area contributed by atoms with E-state index in [4.69, 9.17) is 5.11 Å². The van der Waals surface area contributed by atoms with Crippen molar-refractivity contribution < 1.29 is 14.3 Å². The highest BCUT2D eigenvalue weighted by Crippen LogP contribution is 2.29. The Morgan fingerprint density at radius 1 is 1.10 bits per heavy atom. The van der Waals surface area contributed by atoms with Gasteiger partial charge in [-0.3, -0.25) is 0 Å². The Labute approximate surface area is 123 Å². The minimum Gasteiger partial charge on any atom is -0.478 e. The van der Waals surface area contributed by atoms with Gasteiger partial charge in [-0.2, -0.15) is 0 Å². The number of benzene rings is 2. The molecular formula is C18H17FO2. The van der Waals surface area contributed by atoms with Crippen molar-refractivity contribution in [3.8, 4) is 11.1 Å². The van der Waals surface area contributed by atoms with E-state index < -0.39 is 5.97 Å². The molecule has 0 aliphatic rings. The zero-order chi connectivity index (χ0) is 15.6. The molecule has 2 rings (SSSR count). The van der Waals surface area contributed by atoms with Crippen LogP contribution in [-0.2, 0) is 4.79 Å². The molecule has 0 saturated carbocycles. The van der Waals surface area contributed by atoms with Crippen LogP contribution in [0.15, 0.2) is 42.0 Å². The molecule has 108 valence electrons. The highest BCUT2D eigenvalue weighted by atomic mass is 19.1. The molecule has 2 nitrogen and oxygen atoms in total. The summed E-state index contributed by atoms with van der Waals surface area (Å²) in [5.74, 6) is -1.20. The number of rotatable bonds is 3. The van der Waals surface area contributed by atoms with E-state index in [0.717, 1.165) is 22.3 Å². The van der Waals surface area contributed by atoms with Crippen molar-refractivity contribution in [2.24, 2.45) is 0 Å². The average Bonchev–Trinajstić information content (AvgIpc) is 2.43. The third kappa shape index (κ3) is 3.19. The predicted molar refractivity (Wildman–Crippen MR) is 82.6 cm³/mol. The molecule has 2 aromatic rings. The molecule has 21 heavy (non-hydrogen) atoms. The van der Waals surface area contributed by atoms with Gasteiger partial charge in [0.25, 0.3) is 0 Å². The van der Waals surface area contributed by atoms with Gasteiger partial charge in [-0.05, 0) is 55.2 Å². The second-order valence-electron chi connectivity index (χ2n) is 5.14. The van der Waals surface area contributed by atoms with Crippen LogP contribution in [0, 0.1) is 19.7 Å². The lowest BCUT2D eigenvalue weighted by Gasteiger charge is -2.11. The molecule has 0 aromatic heterocycles. The van der Waals surface area contributed by atoms with Crippen molar-refractivity contribution >= 4 is 12.0 Å². The number of carboxylic acid groups (broad SMARTS) is 1. The first-order valence-electron chi connectivity index (χ1n) is 6.68. The van der Waals surface area contributed by atoms with Crippen molar-refractivity contribution in [3.63, 3.8) is 0 Å². The number of hydrogen-bond acceptors (Lipinski definition) is 1. The number of aryl methyl sites for hydroxylation is 2. The molecule has 0 spiro atoms. The van der Waals surface area contributed by atoms with Gasteiger partial charge in [0.15, 0.2) is 0 Å². The second-order valence-corrected chi connectivity index (χ2v) is 5.14. The maximum Gasteiger partial charge on any atom is 0.331 e. The summed E-state index contributed by atoms with van der Waals surface area (Å²) < 4.78 is 13.9. The summed E-state index contributed by atoms with van der Waals surface area (Å²) in [6.45, 7) is 5.35. The quantitative estimate of drug-likeness (QED) is 0.836. The SMILES string of the molecule is C/C(=C\c1cc(C)c(-c2ccccc2F)cc1C)C(=O)O. The molecule has 0 atom stereocenters. The minimum atomic E-state index is -0.940. The first kappa shape index (κ1) is 15.0. The molecule has 0 aliphatic carbocycles. The smallest absolute Gasteiger partial charge is 0.331 e. The van der Waals surface area contributed by atoms with Crippen LogP contribution in [0.2, 0.25) is 0 Å². The summed E-state index contributed by atoms with van der Waals surface area (Å²) in [6, 6.07) is 10.4. The van der Waals surface area contributed by atoms with Gasteiger partial charge in [0.1, 0.15) is 5.82 Å². The molecule has 0 heterocycles. The van der Waals surface area contributed by atoms with Gasteiger partial charge in [-0.25, -0.2) is 9.18 Å². The van der Waals surface area contributed by atoms with E-state index in [0.29, 0.717) is 5.56 Å². The maximum atomic E-state index is 13.9.